The lowest BCUT2D eigenvalue weighted by Crippen LogP contribution is -2.21. The average molecular weight is 398 g/mol. The Bertz CT molecular complexity index is 844. The zero-order valence-corrected chi connectivity index (χ0v) is 15.9. The van der Waals surface area contributed by atoms with Crippen LogP contribution in [0.15, 0.2) is 24.3 Å². The summed E-state index contributed by atoms with van der Waals surface area (Å²) in [6, 6.07) is 5.96. The Hall–Kier alpha value is -2.44. The minimum absolute atomic E-state index is 0.0732. The van der Waals surface area contributed by atoms with Crippen molar-refractivity contribution in [3.63, 3.8) is 0 Å². The molecule has 6 nitrogen and oxygen atoms in total. The number of amides is 1. The predicted octanol–water partition coefficient (Wildman–Crippen LogP) is 4.33. The molecule has 0 aliphatic rings. The van der Waals surface area contributed by atoms with Crippen molar-refractivity contribution in [1.29, 1.82) is 0 Å². The van der Waals surface area contributed by atoms with Crippen LogP contribution >= 0.6 is 23.2 Å². The molecule has 1 amide bonds. The summed E-state index contributed by atoms with van der Waals surface area (Å²) in [5.41, 5.74) is 1.75. The van der Waals surface area contributed by atoms with Crippen LogP contribution in [0.3, 0.4) is 0 Å². The molecule has 0 aromatic heterocycles. The third-order valence-corrected chi connectivity index (χ3v) is 4.43. The average Bonchev–Trinajstić information content (AvgIpc) is 2.57. The highest BCUT2D eigenvalue weighted by Gasteiger charge is 2.16. The van der Waals surface area contributed by atoms with Gasteiger partial charge in [-0.1, -0.05) is 23.2 Å². The number of aromatic carboxylic acids is 1. The van der Waals surface area contributed by atoms with Crippen molar-refractivity contribution in [2.24, 2.45) is 0 Å². The van der Waals surface area contributed by atoms with Gasteiger partial charge in [0.15, 0.2) is 12.4 Å². The van der Waals surface area contributed by atoms with E-state index in [1.54, 1.807) is 12.1 Å². The summed E-state index contributed by atoms with van der Waals surface area (Å²) >= 11 is 12.1. The Morgan fingerprint density at radius 1 is 1.12 bits per heavy atom. The van der Waals surface area contributed by atoms with E-state index in [0.717, 1.165) is 11.1 Å². The minimum Gasteiger partial charge on any atom is -0.493 e. The molecule has 0 radical (unpaired) electrons. The number of carboxylic acids is 1. The molecule has 2 aromatic carbocycles. The number of carboxylic acid groups (broad SMARTS) is 1. The van der Waals surface area contributed by atoms with Crippen molar-refractivity contribution >= 4 is 40.8 Å². The molecule has 2 rings (SSSR count). The first-order valence-corrected chi connectivity index (χ1v) is 8.28. The standard InChI is InChI=1S/C18H17Cl2NO5/c1-9-4-12(5-10(2)16(9)20)26-8-15(22)21-14-7-11(18(23)24)6-13(19)17(14)25-3/h4-7H,8H2,1-3H3,(H,21,22)(H,23,24). The number of benzene rings is 2. The van der Waals surface area contributed by atoms with Gasteiger partial charge in [-0.15, -0.1) is 0 Å². The van der Waals surface area contributed by atoms with E-state index in [-0.39, 0.29) is 28.6 Å². The maximum atomic E-state index is 12.2. The molecular weight excluding hydrogens is 381 g/mol. The Labute approximate surface area is 160 Å². The fourth-order valence-electron chi connectivity index (χ4n) is 2.34. The third kappa shape index (κ3) is 4.59. The number of carbonyl (C=O) groups excluding carboxylic acids is 1. The lowest BCUT2D eigenvalue weighted by atomic mass is 10.1. The lowest BCUT2D eigenvalue weighted by Gasteiger charge is -2.14. The highest BCUT2D eigenvalue weighted by Crippen LogP contribution is 2.34. The van der Waals surface area contributed by atoms with Gasteiger partial charge in [-0.3, -0.25) is 4.79 Å². The molecule has 0 fully saturated rings. The summed E-state index contributed by atoms with van der Waals surface area (Å²) < 4.78 is 10.6. The number of hydrogen-bond donors (Lipinski definition) is 2. The van der Waals surface area contributed by atoms with Crippen LogP contribution in [-0.2, 0) is 4.79 Å². The summed E-state index contributed by atoms with van der Waals surface area (Å²) in [4.78, 5) is 23.3. The zero-order chi connectivity index (χ0) is 19.4. The smallest absolute Gasteiger partial charge is 0.335 e. The summed E-state index contributed by atoms with van der Waals surface area (Å²) in [6.07, 6.45) is 0. The first-order chi connectivity index (χ1) is 12.2. The quantitative estimate of drug-likeness (QED) is 0.757. The normalized spacial score (nSPS) is 10.3. The van der Waals surface area contributed by atoms with Crippen LogP contribution in [0.5, 0.6) is 11.5 Å². The second kappa shape index (κ2) is 8.29. The number of methoxy groups -OCH3 is 1. The van der Waals surface area contributed by atoms with Gasteiger partial charge in [0.05, 0.1) is 23.4 Å². The molecule has 26 heavy (non-hydrogen) atoms. The molecule has 2 aromatic rings. The number of carbonyl (C=O) groups is 2. The Morgan fingerprint density at radius 3 is 2.27 bits per heavy atom. The molecule has 0 unspecified atom stereocenters. The van der Waals surface area contributed by atoms with Gasteiger partial charge in [0, 0.05) is 5.02 Å². The summed E-state index contributed by atoms with van der Waals surface area (Å²) in [7, 11) is 1.37. The molecule has 0 aliphatic heterocycles. The van der Waals surface area contributed by atoms with Crippen molar-refractivity contribution in [2.45, 2.75) is 13.8 Å². The van der Waals surface area contributed by atoms with Gasteiger partial charge >= 0.3 is 5.97 Å². The van der Waals surface area contributed by atoms with Crippen molar-refractivity contribution < 1.29 is 24.2 Å². The van der Waals surface area contributed by atoms with Crippen LogP contribution in [0.25, 0.3) is 0 Å². The second-order valence-corrected chi connectivity index (χ2v) is 6.34. The van der Waals surface area contributed by atoms with E-state index in [0.29, 0.717) is 10.8 Å². The summed E-state index contributed by atoms with van der Waals surface area (Å²) in [6.45, 7) is 3.40. The van der Waals surface area contributed by atoms with Gasteiger partial charge in [-0.25, -0.2) is 4.79 Å². The van der Waals surface area contributed by atoms with Gasteiger partial charge < -0.3 is 19.9 Å². The molecule has 0 saturated heterocycles. The number of ether oxygens (including phenoxy) is 2. The molecule has 8 heteroatoms. The number of nitrogens with one attached hydrogen (secondary N) is 1. The maximum absolute atomic E-state index is 12.2. The Balaban J connectivity index is 2.14. The first kappa shape index (κ1) is 19.9. The van der Waals surface area contributed by atoms with Crippen molar-refractivity contribution in [1.82, 2.24) is 0 Å². The van der Waals surface area contributed by atoms with E-state index in [9.17, 15) is 9.59 Å². The molecule has 0 bridgehead atoms. The number of anilines is 1. The molecule has 2 N–H and O–H groups in total. The molecule has 0 saturated carbocycles. The minimum atomic E-state index is -1.17. The first-order valence-electron chi connectivity index (χ1n) is 7.53. The van der Waals surface area contributed by atoms with E-state index in [4.69, 9.17) is 37.8 Å². The van der Waals surface area contributed by atoms with Crippen LogP contribution in [0.2, 0.25) is 10.0 Å². The van der Waals surface area contributed by atoms with Gasteiger partial charge in [-0.05, 0) is 49.2 Å². The van der Waals surface area contributed by atoms with Crippen LogP contribution < -0.4 is 14.8 Å². The number of rotatable bonds is 6. The van der Waals surface area contributed by atoms with Crippen LogP contribution in [0.1, 0.15) is 21.5 Å². The number of hydrogen-bond acceptors (Lipinski definition) is 4. The molecular formula is C18H17Cl2NO5. The number of aryl methyl sites for hydroxylation is 2. The Morgan fingerprint density at radius 2 is 1.73 bits per heavy atom. The highest BCUT2D eigenvalue weighted by molar-refractivity contribution is 6.33. The molecule has 0 spiro atoms. The topological polar surface area (TPSA) is 84.9 Å². The maximum Gasteiger partial charge on any atom is 0.335 e. The van der Waals surface area contributed by atoms with Gasteiger partial charge in [0.2, 0.25) is 0 Å². The van der Waals surface area contributed by atoms with Crippen molar-refractivity contribution in [3.05, 3.63) is 51.0 Å². The fourth-order valence-corrected chi connectivity index (χ4v) is 2.75. The van der Waals surface area contributed by atoms with Gasteiger partial charge in [0.1, 0.15) is 5.75 Å². The lowest BCUT2D eigenvalue weighted by molar-refractivity contribution is -0.118. The van der Waals surface area contributed by atoms with Crippen LogP contribution in [0.4, 0.5) is 5.69 Å². The van der Waals surface area contributed by atoms with E-state index < -0.39 is 11.9 Å². The SMILES string of the molecule is COc1c(Cl)cc(C(=O)O)cc1NC(=O)COc1cc(C)c(Cl)c(C)c1. The molecule has 0 atom stereocenters. The highest BCUT2D eigenvalue weighted by atomic mass is 35.5. The predicted molar refractivity (Wildman–Crippen MR) is 100 cm³/mol. The van der Waals surface area contributed by atoms with Crippen molar-refractivity contribution in [3.8, 4) is 11.5 Å². The summed E-state index contributed by atoms with van der Waals surface area (Å²) in [5, 5.41) is 12.4. The van der Waals surface area contributed by atoms with Gasteiger partial charge in [0.25, 0.3) is 5.91 Å². The van der Waals surface area contributed by atoms with Gasteiger partial charge in [-0.2, -0.15) is 0 Å². The third-order valence-electron chi connectivity index (χ3n) is 3.55. The summed E-state index contributed by atoms with van der Waals surface area (Å²) in [5.74, 6) is -0.993. The van der Waals surface area contributed by atoms with Crippen LogP contribution in [-0.4, -0.2) is 30.7 Å². The van der Waals surface area contributed by atoms with E-state index >= 15 is 0 Å². The molecule has 138 valence electrons. The van der Waals surface area contributed by atoms with E-state index in [1.165, 1.54) is 19.2 Å². The van der Waals surface area contributed by atoms with Crippen molar-refractivity contribution in [2.75, 3.05) is 19.0 Å². The fraction of sp³-hybridized carbons (Fsp3) is 0.222. The largest absolute Gasteiger partial charge is 0.493 e. The molecule has 0 aliphatic carbocycles. The molecule has 0 heterocycles. The zero-order valence-electron chi connectivity index (χ0n) is 14.4. The van der Waals surface area contributed by atoms with Crippen LogP contribution in [0, 0.1) is 13.8 Å². The number of halogens is 2. The Kier molecular flexibility index (Phi) is 6.34. The second-order valence-electron chi connectivity index (χ2n) is 5.55. The monoisotopic (exact) mass is 397 g/mol. The van der Waals surface area contributed by atoms with E-state index in [1.807, 2.05) is 13.8 Å². The van der Waals surface area contributed by atoms with E-state index in [2.05, 4.69) is 5.32 Å².